The first kappa shape index (κ1) is 10.8. The average Bonchev–Trinajstić information content (AvgIpc) is 2.27. The number of benzene rings is 1. The fourth-order valence-electron chi connectivity index (χ4n) is 1.05. The third kappa shape index (κ3) is 2.46. The van der Waals surface area contributed by atoms with Gasteiger partial charge in [0.05, 0.1) is 6.20 Å². The fourth-order valence-corrected chi connectivity index (χ4v) is 1.31. The molecule has 0 radical (unpaired) electrons. The van der Waals surface area contributed by atoms with E-state index in [9.17, 15) is 4.39 Å². The van der Waals surface area contributed by atoms with Crippen LogP contribution in [0.15, 0.2) is 34.9 Å². The van der Waals surface area contributed by atoms with Crippen molar-refractivity contribution in [3.63, 3.8) is 0 Å². The molecule has 82 valence electrons. The van der Waals surface area contributed by atoms with Crippen LogP contribution < -0.4 is 10.5 Å². The molecule has 0 unspecified atom stereocenters. The van der Waals surface area contributed by atoms with Gasteiger partial charge in [0, 0.05) is 4.47 Å². The average molecular weight is 284 g/mol. The second kappa shape index (κ2) is 4.44. The number of hydrogen-bond acceptors (Lipinski definition) is 4. The SMILES string of the molecule is Nc1ncc(F)c(Oc2ccc(Br)cc2)n1. The van der Waals surface area contributed by atoms with Gasteiger partial charge < -0.3 is 10.5 Å². The van der Waals surface area contributed by atoms with E-state index in [0.29, 0.717) is 5.75 Å². The Morgan fingerprint density at radius 2 is 1.94 bits per heavy atom. The van der Waals surface area contributed by atoms with Gasteiger partial charge in [-0.25, -0.2) is 4.98 Å². The van der Waals surface area contributed by atoms with E-state index in [1.165, 1.54) is 0 Å². The minimum Gasteiger partial charge on any atom is -0.436 e. The van der Waals surface area contributed by atoms with Crippen LogP contribution in [0.3, 0.4) is 0 Å². The molecule has 0 fully saturated rings. The standard InChI is InChI=1S/C10H7BrFN3O/c11-6-1-3-7(4-2-6)16-9-8(12)5-14-10(13)15-9/h1-5H,(H2,13,14,15). The monoisotopic (exact) mass is 283 g/mol. The molecule has 2 N–H and O–H groups in total. The van der Waals surface area contributed by atoms with Crippen LogP contribution in [0.1, 0.15) is 0 Å². The van der Waals surface area contributed by atoms with Gasteiger partial charge in [0.1, 0.15) is 5.75 Å². The predicted molar refractivity (Wildman–Crippen MR) is 60.6 cm³/mol. The first-order valence-corrected chi connectivity index (χ1v) is 5.16. The lowest BCUT2D eigenvalue weighted by Crippen LogP contribution is -1.99. The minimum absolute atomic E-state index is 0.0338. The Morgan fingerprint density at radius 3 is 2.62 bits per heavy atom. The Morgan fingerprint density at radius 1 is 1.25 bits per heavy atom. The summed E-state index contributed by atoms with van der Waals surface area (Å²) in [7, 11) is 0. The molecule has 0 saturated heterocycles. The molecule has 0 atom stereocenters. The lowest BCUT2D eigenvalue weighted by atomic mass is 10.3. The second-order valence-electron chi connectivity index (χ2n) is 2.94. The van der Waals surface area contributed by atoms with E-state index in [2.05, 4.69) is 25.9 Å². The largest absolute Gasteiger partial charge is 0.436 e. The Balaban J connectivity index is 2.26. The normalized spacial score (nSPS) is 10.1. The molecule has 16 heavy (non-hydrogen) atoms. The lowest BCUT2D eigenvalue weighted by molar-refractivity contribution is 0.421. The molecule has 1 aromatic heterocycles. The van der Waals surface area contributed by atoms with Crippen LogP contribution in [0.5, 0.6) is 11.6 Å². The second-order valence-corrected chi connectivity index (χ2v) is 3.85. The van der Waals surface area contributed by atoms with E-state index < -0.39 is 5.82 Å². The predicted octanol–water partition coefficient (Wildman–Crippen LogP) is 2.75. The molecule has 0 aliphatic rings. The molecule has 4 nitrogen and oxygen atoms in total. The maximum Gasteiger partial charge on any atom is 0.260 e. The van der Waals surface area contributed by atoms with Crippen molar-refractivity contribution in [2.45, 2.75) is 0 Å². The van der Waals surface area contributed by atoms with Gasteiger partial charge in [0.25, 0.3) is 5.88 Å². The van der Waals surface area contributed by atoms with Crippen LogP contribution in [0, 0.1) is 5.82 Å². The molecule has 0 aliphatic heterocycles. The Bertz CT molecular complexity index is 504. The van der Waals surface area contributed by atoms with Crippen LogP contribution >= 0.6 is 15.9 Å². The highest BCUT2D eigenvalue weighted by atomic mass is 79.9. The van der Waals surface area contributed by atoms with E-state index in [-0.39, 0.29) is 11.8 Å². The number of aromatic nitrogens is 2. The van der Waals surface area contributed by atoms with Crippen LogP contribution in [0.2, 0.25) is 0 Å². The summed E-state index contributed by atoms with van der Waals surface area (Å²) in [6, 6.07) is 6.92. The summed E-state index contributed by atoms with van der Waals surface area (Å²) in [6.07, 6.45) is 0.969. The van der Waals surface area contributed by atoms with Crippen molar-refractivity contribution in [1.82, 2.24) is 9.97 Å². The minimum atomic E-state index is -0.655. The zero-order valence-corrected chi connectivity index (χ0v) is 9.61. The molecular weight excluding hydrogens is 277 g/mol. The van der Waals surface area contributed by atoms with Gasteiger partial charge in [-0.2, -0.15) is 9.37 Å². The van der Waals surface area contributed by atoms with Crippen LogP contribution in [0.4, 0.5) is 10.3 Å². The van der Waals surface area contributed by atoms with Gasteiger partial charge in [-0.05, 0) is 24.3 Å². The number of nitrogens with two attached hydrogens (primary N) is 1. The molecule has 2 rings (SSSR count). The Hall–Kier alpha value is -1.69. The summed E-state index contributed by atoms with van der Waals surface area (Å²) in [5.41, 5.74) is 5.33. The van der Waals surface area contributed by atoms with E-state index in [0.717, 1.165) is 10.7 Å². The van der Waals surface area contributed by atoms with Gasteiger partial charge >= 0.3 is 0 Å². The van der Waals surface area contributed by atoms with E-state index in [1.54, 1.807) is 24.3 Å². The highest BCUT2D eigenvalue weighted by molar-refractivity contribution is 9.10. The summed E-state index contributed by atoms with van der Waals surface area (Å²) >= 11 is 3.28. The molecule has 0 bridgehead atoms. The molecule has 2 aromatic rings. The first-order chi connectivity index (χ1) is 7.65. The molecule has 1 heterocycles. The van der Waals surface area contributed by atoms with Gasteiger partial charge in [-0.1, -0.05) is 15.9 Å². The number of anilines is 1. The molecule has 1 aromatic carbocycles. The quantitative estimate of drug-likeness (QED) is 0.921. The molecule has 0 aliphatic carbocycles. The van der Waals surface area contributed by atoms with Crippen molar-refractivity contribution in [3.05, 3.63) is 40.8 Å². The van der Waals surface area contributed by atoms with Crippen LogP contribution in [-0.4, -0.2) is 9.97 Å². The van der Waals surface area contributed by atoms with E-state index in [1.807, 2.05) is 0 Å². The van der Waals surface area contributed by atoms with Gasteiger partial charge in [0.2, 0.25) is 11.8 Å². The number of hydrogen-bond donors (Lipinski definition) is 1. The van der Waals surface area contributed by atoms with Crippen molar-refractivity contribution >= 4 is 21.9 Å². The van der Waals surface area contributed by atoms with E-state index in [4.69, 9.17) is 10.5 Å². The summed E-state index contributed by atoms with van der Waals surface area (Å²) in [4.78, 5) is 7.15. The third-order valence-electron chi connectivity index (χ3n) is 1.76. The third-order valence-corrected chi connectivity index (χ3v) is 2.29. The Kier molecular flexibility index (Phi) is 3.00. The zero-order valence-electron chi connectivity index (χ0n) is 8.02. The number of nitrogen functional groups attached to an aromatic ring is 1. The lowest BCUT2D eigenvalue weighted by Gasteiger charge is -2.05. The maximum absolute atomic E-state index is 13.2. The molecular formula is C10H7BrFN3O. The smallest absolute Gasteiger partial charge is 0.260 e. The molecule has 0 amide bonds. The highest BCUT2D eigenvalue weighted by Gasteiger charge is 2.07. The fraction of sp³-hybridized carbons (Fsp3) is 0. The molecule has 0 spiro atoms. The number of rotatable bonds is 2. The first-order valence-electron chi connectivity index (χ1n) is 4.36. The van der Waals surface area contributed by atoms with Gasteiger partial charge in [-0.15, -0.1) is 0 Å². The number of ether oxygens (including phenoxy) is 1. The van der Waals surface area contributed by atoms with Gasteiger partial charge in [-0.3, -0.25) is 0 Å². The Labute approximate surface area is 99.4 Å². The molecule has 0 saturated carbocycles. The summed E-state index contributed by atoms with van der Waals surface area (Å²) in [5.74, 6) is -0.402. The van der Waals surface area contributed by atoms with Crippen molar-refractivity contribution in [1.29, 1.82) is 0 Å². The van der Waals surface area contributed by atoms with Crippen molar-refractivity contribution in [3.8, 4) is 11.6 Å². The number of halogens is 2. The van der Waals surface area contributed by atoms with Crippen molar-refractivity contribution < 1.29 is 9.13 Å². The highest BCUT2D eigenvalue weighted by Crippen LogP contribution is 2.23. The maximum atomic E-state index is 13.2. The topological polar surface area (TPSA) is 61.0 Å². The van der Waals surface area contributed by atoms with Crippen LogP contribution in [0.25, 0.3) is 0 Å². The van der Waals surface area contributed by atoms with Gasteiger partial charge in [0.15, 0.2) is 0 Å². The van der Waals surface area contributed by atoms with Crippen molar-refractivity contribution in [2.24, 2.45) is 0 Å². The molecule has 6 heteroatoms. The van der Waals surface area contributed by atoms with Crippen molar-refractivity contribution in [2.75, 3.05) is 5.73 Å². The zero-order chi connectivity index (χ0) is 11.5. The van der Waals surface area contributed by atoms with Crippen LogP contribution in [-0.2, 0) is 0 Å². The summed E-state index contributed by atoms with van der Waals surface area (Å²) < 4.78 is 19.3. The summed E-state index contributed by atoms with van der Waals surface area (Å²) in [6.45, 7) is 0. The number of nitrogens with zero attached hydrogens (tertiary/aromatic N) is 2. The van der Waals surface area contributed by atoms with E-state index >= 15 is 0 Å². The summed E-state index contributed by atoms with van der Waals surface area (Å²) in [5, 5.41) is 0.